The first-order valence-electron chi connectivity index (χ1n) is 9.25. The first-order valence-corrected chi connectivity index (χ1v) is 12.6. The van der Waals surface area contributed by atoms with Gasteiger partial charge in [0.05, 0.1) is 16.8 Å². The molecule has 0 aromatic heterocycles. The van der Waals surface area contributed by atoms with Gasteiger partial charge in [-0.25, -0.2) is 21.1 Å². The lowest BCUT2D eigenvalue weighted by Gasteiger charge is -2.33. The van der Waals surface area contributed by atoms with Gasteiger partial charge in [-0.1, -0.05) is 12.8 Å². The van der Waals surface area contributed by atoms with Crippen molar-refractivity contribution in [2.24, 2.45) is 11.8 Å². The van der Waals surface area contributed by atoms with Crippen LogP contribution in [0.4, 0.5) is 0 Å². The summed E-state index contributed by atoms with van der Waals surface area (Å²) in [4.78, 5) is 12.1. The molecule has 1 N–H and O–H groups in total. The van der Waals surface area contributed by atoms with Crippen molar-refractivity contribution in [3.05, 3.63) is 0 Å². The van der Waals surface area contributed by atoms with E-state index in [0.29, 0.717) is 38.4 Å². The van der Waals surface area contributed by atoms with E-state index in [0.717, 1.165) is 25.7 Å². The topological polar surface area (TPSA) is 101 Å². The Labute approximate surface area is 150 Å². The molecule has 0 unspecified atom stereocenters. The minimum atomic E-state index is -3.53. The first-order chi connectivity index (χ1) is 11.8. The fraction of sp³-hybridized carbons (Fsp3) is 0.938. The molecule has 2 saturated heterocycles. The Hall–Kier alpha value is -0.670. The molecule has 1 amide bonds. The smallest absolute Gasteiger partial charge is 0.223 e. The number of piperidine rings is 1. The lowest BCUT2D eigenvalue weighted by molar-refractivity contribution is -0.125. The fourth-order valence-corrected chi connectivity index (χ4v) is 8.71. The minimum absolute atomic E-state index is 0.0272. The van der Waals surface area contributed by atoms with E-state index in [1.807, 2.05) is 0 Å². The van der Waals surface area contributed by atoms with Gasteiger partial charge in [0.25, 0.3) is 0 Å². The fourth-order valence-electron chi connectivity index (χ4n) is 4.15. The molecule has 2 heterocycles. The summed E-state index contributed by atoms with van der Waals surface area (Å²) >= 11 is 0. The van der Waals surface area contributed by atoms with Gasteiger partial charge < -0.3 is 5.32 Å². The monoisotopic (exact) mass is 392 g/mol. The Balaban J connectivity index is 1.46. The van der Waals surface area contributed by atoms with Crippen LogP contribution in [0.3, 0.4) is 0 Å². The molecule has 1 aliphatic carbocycles. The SMILES string of the molecule is O=C(NCC1CCN(S(=O)(=O)[C@H]2CCS(=O)(=O)C2)CC1)C1CCCC1. The molecule has 3 fully saturated rings. The zero-order valence-electron chi connectivity index (χ0n) is 14.5. The van der Waals surface area contributed by atoms with Gasteiger partial charge in [-0.05, 0) is 38.0 Å². The van der Waals surface area contributed by atoms with Crippen molar-refractivity contribution in [1.29, 1.82) is 0 Å². The van der Waals surface area contributed by atoms with E-state index in [2.05, 4.69) is 5.32 Å². The highest BCUT2D eigenvalue weighted by molar-refractivity contribution is 7.95. The van der Waals surface area contributed by atoms with Crippen LogP contribution in [0.2, 0.25) is 0 Å². The molecule has 25 heavy (non-hydrogen) atoms. The van der Waals surface area contributed by atoms with Gasteiger partial charge in [-0.2, -0.15) is 0 Å². The highest BCUT2D eigenvalue weighted by Crippen LogP contribution is 2.27. The van der Waals surface area contributed by atoms with Gasteiger partial charge in [-0.15, -0.1) is 0 Å². The van der Waals surface area contributed by atoms with E-state index in [9.17, 15) is 21.6 Å². The van der Waals surface area contributed by atoms with Crippen LogP contribution in [0.15, 0.2) is 0 Å². The van der Waals surface area contributed by atoms with E-state index in [4.69, 9.17) is 0 Å². The standard InChI is InChI=1S/C16H28N2O5S2/c19-16(14-3-1-2-4-14)17-11-13-5-8-18(9-6-13)25(22,23)15-7-10-24(20,21)12-15/h13-15H,1-12H2,(H,17,19)/t15-/m0/s1. The Morgan fingerprint density at radius 2 is 1.68 bits per heavy atom. The predicted octanol–water partition coefficient (Wildman–Crippen LogP) is 0.522. The Kier molecular flexibility index (Phi) is 5.75. The number of rotatable bonds is 5. The number of sulfone groups is 1. The van der Waals surface area contributed by atoms with Gasteiger partial charge in [0, 0.05) is 25.6 Å². The van der Waals surface area contributed by atoms with E-state index in [1.165, 1.54) is 4.31 Å². The third-order valence-electron chi connectivity index (χ3n) is 5.84. The number of nitrogens with one attached hydrogen (secondary N) is 1. The molecule has 3 rings (SSSR count). The molecule has 144 valence electrons. The molecule has 2 aliphatic heterocycles. The van der Waals surface area contributed by atoms with Crippen LogP contribution in [-0.4, -0.2) is 63.4 Å². The lowest BCUT2D eigenvalue weighted by Crippen LogP contribution is -2.45. The zero-order chi connectivity index (χ0) is 18.1. The molecule has 3 aliphatic rings. The maximum Gasteiger partial charge on any atom is 0.223 e. The quantitative estimate of drug-likeness (QED) is 0.735. The minimum Gasteiger partial charge on any atom is -0.356 e. The van der Waals surface area contributed by atoms with E-state index in [1.54, 1.807) is 0 Å². The van der Waals surface area contributed by atoms with Crippen molar-refractivity contribution in [1.82, 2.24) is 9.62 Å². The number of nitrogens with zero attached hydrogens (tertiary/aromatic N) is 1. The van der Waals surface area contributed by atoms with Crippen LogP contribution in [0.25, 0.3) is 0 Å². The highest BCUT2D eigenvalue weighted by atomic mass is 32.2. The van der Waals surface area contributed by atoms with Gasteiger partial charge >= 0.3 is 0 Å². The van der Waals surface area contributed by atoms with Crippen LogP contribution < -0.4 is 5.32 Å². The second-order valence-corrected chi connectivity index (χ2v) is 12.1. The Bertz CT molecular complexity index is 690. The summed E-state index contributed by atoms with van der Waals surface area (Å²) < 4.78 is 49.8. The zero-order valence-corrected chi connectivity index (χ0v) is 16.2. The largest absolute Gasteiger partial charge is 0.356 e. The predicted molar refractivity (Wildman–Crippen MR) is 95.2 cm³/mol. The highest BCUT2D eigenvalue weighted by Gasteiger charge is 2.41. The molecule has 1 saturated carbocycles. The first kappa shape index (κ1) is 19.1. The maximum absolute atomic E-state index is 12.6. The third-order valence-corrected chi connectivity index (χ3v) is 10.1. The molecule has 0 bridgehead atoms. The van der Waals surface area contributed by atoms with Crippen molar-refractivity contribution in [2.45, 2.75) is 50.2 Å². The summed E-state index contributed by atoms with van der Waals surface area (Å²) in [5.41, 5.74) is 0. The third kappa shape index (κ3) is 4.54. The molecular weight excluding hydrogens is 364 g/mol. The summed E-state index contributed by atoms with van der Waals surface area (Å²) in [6.45, 7) is 1.45. The number of hydrogen-bond acceptors (Lipinski definition) is 5. The lowest BCUT2D eigenvalue weighted by atomic mass is 9.97. The summed E-state index contributed by atoms with van der Waals surface area (Å²) in [5.74, 6) is 0.324. The van der Waals surface area contributed by atoms with Gasteiger partial charge in [0.1, 0.15) is 0 Å². The average molecular weight is 393 g/mol. The summed E-state index contributed by atoms with van der Waals surface area (Å²) in [6, 6.07) is 0. The van der Waals surface area contributed by atoms with Crippen LogP contribution in [0, 0.1) is 11.8 Å². The van der Waals surface area contributed by atoms with E-state index in [-0.39, 0.29) is 29.8 Å². The molecule has 0 aromatic rings. The van der Waals surface area contributed by atoms with Crippen molar-refractivity contribution in [3.8, 4) is 0 Å². The molecule has 1 atom stereocenters. The van der Waals surface area contributed by atoms with Crippen molar-refractivity contribution < 1.29 is 21.6 Å². The summed E-state index contributed by atoms with van der Waals surface area (Å²) in [6.07, 6.45) is 5.85. The van der Waals surface area contributed by atoms with Gasteiger partial charge in [0.15, 0.2) is 9.84 Å². The van der Waals surface area contributed by atoms with Crippen molar-refractivity contribution >= 4 is 25.8 Å². The van der Waals surface area contributed by atoms with E-state index < -0.39 is 25.1 Å². The molecule has 7 nitrogen and oxygen atoms in total. The second-order valence-electron chi connectivity index (χ2n) is 7.64. The molecular formula is C16H28N2O5S2. The number of carbonyl (C=O) groups is 1. The van der Waals surface area contributed by atoms with Crippen molar-refractivity contribution in [3.63, 3.8) is 0 Å². The molecule has 0 spiro atoms. The Morgan fingerprint density at radius 1 is 1.04 bits per heavy atom. The molecule has 9 heteroatoms. The van der Waals surface area contributed by atoms with Gasteiger partial charge in [-0.3, -0.25) is 4.79 Å². The normalized spacial score (nSPS) is 29.0. The molecule has 0 aromatic carbocycles. The number of hydrogen-bond donors (Lipinski definition) is 1. The average Bonchev–Trinajstić information content (AvgIpc) is 3.22. The van der Waals surface area contributed by atoms with Crippen LogP contribution >= 0.6 is 0 Å². The van der Waals surface area contributed by atoms with E-state index >= 15 is 0 Å². The van der Waals surface area contributed by atoms with Crippen LogP contribution in [0.1, 0.15) is 44.9 Å². The summed E-state index contributed by atoms with van der Waals surface area (Å²) in [7, 11) is -6.74. The Morgan fingerprint density at radius 3 is 2.24 bits per heavy atom. The summed E-state index contributed by atoms with van der Waals surface area (Å²) in [5, 5.41) is 2.25. The van der Waals surface area contributed by atoms with Crippen LogP contribution in [0.5, 0.6) is 0 Å². The van der Waals surface area contributed by atoms with Crippen molar-refractivity contribution in [2.75, 3.05) is 31.1 Å². The number of carbonyl (C=O) groups excluding carboxylic acids is 1. The number of sulfonamides is 1. The number of amides is 1. The maximum atomic E-state index is 12.6. The molecule has 0 radical (unpaired) electrons. The van der Waals surface area contributed by atoms with Gasteiger partial charge in [0.2, 0.25) is 15.9 Å². The van der Waals surface area contributed by atoms with Crippen LogP contribution in [-0.2, 0) is 24.7 Å². The second kappa shape index (κ2) is 7.52.